The number of thiophene rings is 1. The minimum atomic E-state index is -1.10. The number of carboxylic acid groups (broad SMARTS) is 1. The maximum Gasteiger partial charge on any atom is 0.335 e. The number of rotatable bonds is 8. The second-order valence-corrected chi connectivity index (χ2v) is 11.2. The summed E-state index contributed by atoms with van der Waals surface area (Å²) >= 11 is 7.87. The molecule has 2 aromatic heterocycles. The third-order valence-corrected chi connectivity index (χ3v) is 8.16. The van der Waals surface area contributed by atoms with Gasteiger partial charge in [0.15, 0.2) is 11.6 Å². The van der Waals surface area contributed by atoms with E-state index in [0.29, 0.717) is 32.3 Å². The molecular weight excluding hydrogens is 579 g/mol. The van der Waals surface area contributed by atoms with Crippen LogP contribution in [-0.2, 0) is 16.0 Å². The summed E-state index contributed by atoms with van der Waals surface area (Å²) in [5.41, 5.74) is 2.18. The van der Waals surface area contributed by atoms with Gasteiger partial charge in [-0.05, 0) is 65.0 Å². The van der Waals surface area contributed by atoms with Gasteiger partial charge in [-0.2, -0.15) is 0 Å². The van der Waals surface area contributed by atoms with E-state index in [1.165, 1.54) is 52.9 Å². The van der Waals surface area contributed by atoms with E-state index in [1.807, 2.05) is 0 Å². The molecule has 202 valence electrons. The number of hydrogen-bond acceptors (Lipinski definition) is 7. The number of aromatic amines is 1. The fraction of sp³-hybridized carbons (Fsp3) is 0.0741. The quantitative estimate of drug-likeness (QED) is 0.180. The van der Waals surface area contributed by atoms with Gasteiger partial charge in [0.2, 0.25) is 5.91 Å². The fourth-order valence-corrected chi connectivity index (χ4v) is 6.23. The largest absolute Gasteiger partial charge is 0.478 e. The van der Waals surface area contributed by atoms with E-state index in [2.05, 4.69) is 15.3 Å². The van der Waals surface area contributed by atoms with Crippen molar-refractivity contribution in [2.75, 3.05) is 5.32 Å². The predicted molar refractivity (Wildman–Crippen MR) is 153 cm³/mol. The molecule has 0 radical (unpaired) electrons. The van der Waals surface area contributed by atoms with E-state index < -0.39 is 35.5 Å². The van der Waals surface area contributed by atoms with Gasteiger partial charge < -0.3 is 15.4 Å². The molecule has 5 rings (SSSR count). The van der Waals surface area contributed by atoms with E-state index in [1.54, 1.807) is 23.7 Å². The van der Waals surface area contributed by atoms with Gasteiger partial charge >= 0.3 is 5.97 Å². The van der Waals surface area contributed by atoms with Crippen LogP contribution in [0.25, 0.3) is 17.2 Å². The number of carbonyl (C=O) groups excluding carboxylic acids is 2. The van der Waals surface area contributed by atoms with Crippen LogP contribution in [0.1, 0.15) is 20.9 Å². The molecule has 13 heteroatoms. The Morgan fingerprint density at radius 3 is 2.58 bits per heavy atom. The van der Waals surface area contributed by atoms with Crippen LogP contribution in [0.4, 0.5) is 14.5 Å². The zero-order chi connectivity index (χ0) is 28.4. The molecule has 1 saturated heterocycles. The molecule has 1 aliphatic rings. The lowest BCUT2D eigenvalue weighted by Gasteiger charge is -2.25. The van der Waals surface area contributed by atoms with Crippen LogP contribution in [0.15, 0.2) is 71.3 Å². The Bertz CT molecular complexity index is 1650. The summed E-state index contributed by atoms with van der Waals surface area (Å²) in [6, 6.07) is 9.99. The lowest BCUT2D eigenvalue weighted by atomic mass is 10.1. The third-order valence-electron chi connectivity index (χ3n) is 5.95. The van der Waals surface area contributed by atoms with Crippen molar-refractivity contribution in [3.05, 3.63) is 99.1 Å². The molecular formula is C27H18F2N4O4S3. The molecule has 1 aliphatic heterocycles. The van der Waals surface area contributed by atoms with Gasteiger partial charge in [-0.3, -0.25) is 14.5 Å². The minimum absolute atomic E-state index is 0.0652. The fourth-order valence-electron chi connectivity index (χ4n) is 3.96. The first-order chi connectivity index (χ1) is 19.2. The number of nitrogens with one attached hydrogen (secondary N) is 2. The standard InChI is InChI=1S/C27H18F2N4O4S3/c28-20-6-3-15(8-21(20)29)16-7-19(39-12-16)10-23-25(35)33(27(38)40-23)22(9-18-11-30-13-31-18)24(34)32-17-4-1-14(2-5-17)26(36)37/h1-8,10-13,22H,9H2,(H,30,31)(H,32,34)(H,36,37)/t22-/m1/s1. The number of anilines is 1. The molecule has 0 bridgehead atoms. The molecule has 0 unspecified atom stereocenters. The first-order valence-electron chi connectivity index (χ1n) is 11.6. The van der Waals surface area contributed by atoms with E-state index in [9.17, 15) is 23.2 Å². The summed E-state index contributed by atoms with van der Waals surface area (Å²) in [5.74, 6) is -3.97. The highest BCUT2D eigenvalue weighted by molar-refractivity contribution is 8.26. The molecule has 0 saturated carbocycles. The number of thioether (sulfide) groups is 1. The van der Waals surface area contributed by atoms with Crippen LogP contribution in [0.3, 0.4) is 0 Å². The molecule has 3 heterocycles. The van der Waals surface area contributed by atoms with E-state index >= 15 is 0 Å². The first kappa shape index (κ1) is 27.4. The zero-order valence-electron chi connectivity index (χ0n) is 20.3. The number of aromatic carboxylic acids is 1. The Morgan fingerprint density at radius 1 is 1.12 bits per heavy atom. The highest BCUT2D eigenvalue weighted by Gasteiger charge is 2.40. The number of carboxylic acids is 1. The molecule has 3 N–H and O–H groups in total. The number of H-pyrrole nitrogens is 1. The SMILES string of the molecule is O=C(O)c1ccc(NC(=O)[C@@H](Cc2cnc[nH]2)N2C(=O)C(=Cc3cc(-c4ccc(F)c(F)c4)cs3)SC2=S)cc1. The van der Waals surface area contributed by atoms with Crippen molar-refractivity contribution in [2.45, 2.75) is 12.5 Å². The number of aromatic nitrogens is 2. The average Bonchev–Trinajstić information content (AvgIpc) is 3.67. The number of hydrogen-bond donors (Lipinski definition) is 3. The van der Waals surface area contributed by atoms with Crippen molar-refractivity contribution in [1.82, 2.24) is 14.9 Å². The van der Waals surface area contributed by atoms with Gasteiger partial charge in [-0.15, -0.1) is 11.3 Å². The van der Waals surface area contributed by atoms with Crippen LogP contribution in [0.5, 0.6) is 0 Å². The number of imidazole rings is 1. The Hall–Kier alpha value is -4.20. The highest BCUT2D eigenvalue weighted by Crippen LogP contribution is 2.37. The molecule has 8 nitrogen and oxygen atoms in total. The van der Waals surface area contributed by atoms with Crippen molar-refractivity contribution in [3.63, 3.8) is 0 Å². The topological polar surface area (TPSA) is 115 Å². The van der Waals surface area contributed by atoms with Crippen LogP contribution < -0.4 is 5.32 Å². The Morgan fingerprint density at radius 2 is 1.90 bits per heavy atom. The van der Waals surface area contributed by atoms with E-state index in [0.717, 1.165) is 23.9 Å². The summed E-state index contributed by atoms with van der Waals surface area (Å²) in [7, 11) is 0. The smallest absolute Gasteiger partial charge is 0.335 e. The monoisotopic (exact) mass is 596 g/mol. The second kappa shape index (κ2) is 11.5. The lowest BCUT2D eigenvalue weighted by molar-refractivity contribution is -0.130. The number of halogens is 2. The number of benzene rings is 2. The zero-order valence-corrected chi connectivity index (χ0v) is 22.7. The number of amides is 2. The molecule has 4 aromatic rings. The van der Waals surface area contributed by atoms with Gasteiger partial charge in [0.1, 0.15) is 10.4 Å². The summed E-state index contributed by atoms with van der Waals surface area (Å²) in [6.07, 6.45) is 4.74. The average molecular weight is 597 g/mol. The molecule has 0 spiro atoms. The minimum Gasteiger partial charge on any atom is -0.478 e. The van der Waals surface area contributed by atoms with Crippen LogP contribution in [0.2, 0.25) is 0 Å². The lowest BCUT2D eigenvalue weighted by Crippen LogP contribution is -2.47. The number of nitrogens with zero attached hydrogens (tertiary/aromatic N) is 2. The summed E-state index contributed by atoms with van der Waals surface area (Å²) in [5, 5.41) is 13.6. The van der Waals surface area contributed by atoms with E-state index in [-0.39, 0.29) is 16.3 Å². The summed E-state index contributed by atoms with van der Waals surface area (Å²) in [4.78, 5) is 47.2. The maximum absolute atomic E-state index is 13.7. The second-order valence-electron chi connectivity index (χ2n) is 8.59. The van der Waals surface area contributed by atoms with Crippen LogP contribution in [-0.4, -0.2) is 48.1 Å². The Kier molecular flexibility index (Phi) is 7.87. The van der Waals surface area contributed by atoms with Crippen LogP contribution in [0, 0.1) is 11.6 Å². The van der Waals surface area contributed by atoms with Crippen LogP contribution >= 0.6 is 35.3 Å². The van der Waals surface area contributed by atoms with Gasteiger partial charge in [0.05, 0.1) is 16.8 Å². The van der Waals surface area contributed by atoms with Gasteiger partial charge in [-0.25, -0.2) is 18.6 Å². The number of carbonyl (C=O) groups is 3. The number of thiocarbonyl (C=S) groups is 1. The first-order valence-corrected chi connectivity index (χ1v) is 13.7. The molecule has 1 fully saturated rings. The molecule has 2 aromatic carbocycles. The molecule has 40 heavy (non-hydrogen) atoms. The van der Waals surface area contributed by atoms with E-state index in [4.69, 9.17) is 17.3 Å². The van der Waals surface area contributed by atoms with Gasteiger partial charge in [-0.1, -0.05) is 30.0 Å². The maximum atomic E-state index is 13.7. The normalized spacial score (nSPS) is 15.1. The summed E-state index contributed by atoms with van der Waals surface area (Å²) in [6.45, 7) is 0. The van der Waals surface area contributed by atoms with Crippen molar-refractivity contribution in [1.29, 1.82) is 0 Å². The Balaban J connectivity index is 1.39. The van der Waals surface area contributed by atoms with Crippen molar-refractivity contribution < 1.29 is 28.3 Å². The Labute approximate surface area is 239 Å². The summed E-state index contributed by atoms with van der Waals surface area (Å²) < 4.78 is 27.2. The van der Waals surface area contributed by atoms with Crippen molar-refractivity contribution in [2.24, 2.45) is 0 Å². The molecule has 2 amide bonds. The van der Waals surface area contributed by atoms with Gasteiger partial charge in [0, 0.05) is 28.9 Å². The predicted octanol–water partition coefficient (Wildman–Crippen LogP) is 5.57. The van der Waals surface area contributed by atoms with Crippen molar-refractivity contribution >= 4 is 69.2 Å². The highest BCUT2D eigenvalue weighted by atomic mass is 32.2. The molecule has 1 atom stereocenters. The van der Waals surface area contributed by atoms with Gasteiger partial charge in [0.25, 0.3) is 5.91 Å². The van der Waals surface area contributed by atoms with Crippen molar-refractivity contribution in [3.8, 4) is 11.1 Å². The molecule has 0 aliphatic carbocycles. The third kappa shape index (κ3) is 5.86.